The number of aliphatic hydroxyl groups is 1. The van der Waals surface area contributed by atoms with Gasteiger partial charge in [0.25, 0.3) is 11.8 Å². The largest absolute Gasteiger partial charge is 0.457 e. The van der Waals surface area contributed by atoms with Gasteiger partial charge in [-0.2, -0.15) is 28.1 Å². The Balaban J connectivity index is 0.000000244. The predicted molar refractivity (Wildman–Crippen MR) is 187 cm³/mol. The molecule has 0 aliphatic carbocycles. The van der Waals surface area contributed by atoms with Crippen LogP contribution in [0.5, 0.6) is 11.5 Å². The van der Waals surface area contributed by atoms with E-state index in [0.29, 0.717) is 38.0 Å². The van der Waals surface area contributed by atoms with E-state index in [1.807, 2.05) is 6.92 Å². The first kappa shape index (κ1) is 41.3. The Kier molecular flexibility index (Phi) is 14.1. The van der Waals surface area contributed by atoms with Crippen LogP contribution in [0, 0.1) is 29.6 Å². The molecule has 296 valence electrons. The topological polar surface area (TPSA) is 212 Å². The SMILES string of the molecule is Cc1c([C@@H](O)CN2CCC(NC(=O)c3cc(OC(F)F)c(C#N)cn3)CC2)ccc2c1COC2=O.N#Cc1cnc(C(=O)NC2CCNCC2)cc1OC(F)F. The number of β-amino-alcohol motifs (C(OH)–C–C–N with tert-alkyl or cyclic N) is 1. The number of hydrogen-bond acceptors (Lipinski definition) is 13. The highest BCUT2D eigenvalue weighted by atomic mass is 19.3. The molecule has 0 saturated carbocycles. The van der Waals surface area contributed by atoms with E-state index in [1.165, 1.54) is 0 Å². The summed E-state index contributed by atoms with van der Waals surface area (Å²) in [5.74, 6) is -2.10. The number of carbonyl (C=O) groups excluding carboxylic acids is 3. The summed E-state index contributed by atoms with van der Waals surface area (Å²) in [7, 11) is 0. The smallest absolute Gasteiger partial charge is 0.387 e. The van der Waals surface area contributed by atoms with Crippen LogP contribution in [0.4, 0.5) is 17.6 Å². The van der Waals surface area contributed by atoms with Crippen molar-refractivity contribution in [1.29, 1.82) is 10.5 Å². The van der Waals surface area contributed by atoms with Gasteiger partial charge in [0.05, 0.1) is 11.7 Å². The first-order chi connectivity index (χ1) is 26.9. The first-order valence-electron chi connectivity index (χ1n) is 17.6. The summed E-state index contributed by atoms with van der Waals surface area (Å²) in [6.07, 6.45) is 4.18. The van der Waals surface area contributed by atoms with Gasteiger partial charge in [0.2, 0.25) is 0 Å². The molecule has 0 spiro atoms. The minimum absolute atomic E-state index is 0.0238. The number of nitriles is 2. The van der Waals surface area contributed by atoms with Crippen LogP contribution in [0.15, 0.2) is 36.7 Å². The summed E-state index contributed by atoms with van der Waals surface area (Å²) in [6.45, 7) is -0.817. The highest BCUT2D eigenvalue weighted by Crippen LogP contribution is 2.30. The molecule has 19 heteroatoms. The normalized spacial score (nSPS) is 16.4. The zero-order chi connectivity index (χ0) is 40.4. The number of cyclic esters (lactones) is 1. The van der Waals surface area contributed by atoms with Crippen molar-refractivity contribution < 1.29 is 51.3 Å². The van der Waals surface area contributed by atoms with Gasteiger partial charge in [-0.05, 0) is 62.9 Å². The minimum atomic E-state index is -3.13. The number of nitrogens with zero attached hydrogens (tertiary/aromatic N) is 5. The summed E-state index contributed by atoms with van der Waals surface area (Å²) in [4.78, 5) is 46.1. The maximum absolute atomic E-state index is 12.6. The number of esters is 1. The molecule has 2 amide bonds. The zero-order valence-corrected chi connectivity index (χ0v) is 30.1. The van der Waals surface area contributed by atoms with E-state index in [-0.39, 0.29) is 52.9 Å². The van der Waals surface area contributed by atoms with Crippen molar-refractivity contribution >= 4 is 17.8 Å². The molecule has 2 aromatic heterocycles. The van der Waals surface area contributed by atoms with E-state index in [1.54, 1.807) is 24.3 Å². The summed E-state index contributed by atoms with van der Waals surface area (Å²) in [5, 5.41) is 37.4. The van der Waals surface area contributed by atoms with Crippen molar-refractivity contribution in [2.75, 3.05) is 32.7 Å². The Morgan fingerprint density at radius 3 is 1.95 bits per heavy atom. The van der Waals surface area contributed by atoms with Gasteiger partial charge in [0, 0.05) is 61.8 Å². The fourth-order valence-corrected chi connectivity index (χ4v) is 6.49. The Bertz CT molecular complexity index is 1990. The highest BCUT2D eigenvalue weighted by molar-refractivity contribution is 5.94. The minimum Gasteiger partial charge on any atom is -0.457 e. The molecule has 56 heavy (non-hydrogen) atoms. The molecule has 0 bridgehead atoms. The summed E-state index contributed by atoms with van der Waals surface area (Å²) in [5.41, 5.74) is 2.46. The number of aromatic nitrogens is 2. The van der Waals surface area contributed by atoms with Crippen molar-refractivity contribution in [2.24, 2.45) is 0 Å². The van der Waals surface area contributed by atoms with Crippen molar-refractivity contribution in [3.8, 4) is 23.6 Å². The second-order valence-corrected chi connectivity index (χ2v) is 13.1. The number of carbonyl (C=O) groups is 3. The van der Waals surface area contributed by atoms with Gasteiger partial charge in [0.15, 0.2) is 0 Å². The molecule has 3 aromatic rings. The van der Waals surface area contributed by atoms with Crippen LogP contribution >= 0.6 is 0 Å². The number of rotatable bonds is 11. The number of ether oxygens (including phenoxy) is 3. The van der Waals surface area contributed by atoms with Crippen molar-refractivity contribution in [3.63, 3.8) is 0 Å². The number of amides is 2. The number of piperidine rings is 2. The third-order valence-electron chi connectivity index (χ3n) is 9.47. The van der Waals surface area contributed by atoms with Gasteiger partial charge in [0.1, 0.15) is 52.8 Å². The van der Waals surface area contributed by atoms with Gasteiger partial charge in [-0.3, -0.25) is 9.59 Å². The molecule has 0 unspecified atom stereocenters. The Morgan fingerprint density at radius 2 is 1.45 bits per heavy atom. The average Bonchev–Trinajstić information content (AvgIpc) is 3.56. The molecule has 3 aliphatic rings. The monoisotopic (exact) mass is 782 g/mol. The molecule has 5 heterocycles. The molecule has 15 nitrogen and oxygen atoms in total. The van der Waals surface area contributed by atoms with Gasteiger partial charge in [-0.1, -0.05) is 6.07 Å². The summed E-state index contributed by atoms with van der Waals surface area (Å²) < 4.78 is 63.3. The highest BCUT2D eigenvalue weighted by Gasteiger charge is 2.28. The quantitative estimate of drug-likeness (QED) is 0.162. The van der Waals surface area contributed by atoms with E-state index in [2.05, 4.69) is 40.3 Å². The van der Waals surface area contributed by atoms with Crippen LogP contribution in [0.1, 0.15) is 90.9 Å². The molecule has 4 N–H and O–H groups in total. The van der Waals surface area contributed by atoms with Crippen LogP contribution in [-0.2, 0) is 11.3 Å². The third kappa shape index (κ3) is 10.7. The van der Waals surface area contributed by atoms with E-state index in [0.717, 1.165) is 67.1 Å². The van der Waals surface area contributed by atoms with Crippen LogP contribution in [0.25, 0.3) is 0 Å². The lowest BCUT2D eigenvalue weighted by Gasteiger charge is -2.33. The molecular weight excluding hydrogens is 744 g/mol. The molecule has 1 aromatic carbocycles. The van der Waals surface area contributed by atoms with Crippen LogP contribution in [0.3, 0.4) is 0 Å². The number of halogens is 4. The van der Waals surface area contributed by atoms with Crippen LogP contribution < -0.4 is 25.4 Å². The van der Waals surface area contributed by atoms with Gasteiger partial charge < -0.3 is 40.2 Å². The molecule has 1 atom stereocenters. The number of aliphatic hydroxyl groups excluding tert-OH is 1. The maximum Gasteiger partial charge on any atom is 0.387 e. The predicted octanol–water partition coefficient (Wildman–Crippen LogP) is 3.50. The fraction of sp³-hybridized carbons (Fsp3) is 0.432. The van der Waals surface area contributed by atoms with Gasteiger partial charge in [-0.25, -0.2) is 14.8 Å². The number of fused-ring (bicyclic) bond motifs is 1. The summed E-state index contributed by atoms with van der Waals surface area (Å²) in [6, 6.07) is 8.79. The van der Waals surface area contributed by atoms with Crippen molar-refractivity contribution in [1.82, 2.24) is 30.8 Å². The molecule has 6 rings (SSSR count). The number of likely N-dealkylation sites (tertiary alicyclic amines) is 1. The Hall–Kier alpha value is -5.89. The second kappa shape index (κ2) is 19.1. The number of alkyl halides is 4. The fourth-order valence-electron chi connectivity index (χ4n) is 6.49. The van der Waals surface area contributed by atoms with E-state index in [9.17, 15) is 37.1 Å². The molecule has 3 aliphatic heterocycles. The zero-order valence-electron chi connectivity index (χ0n) is 30.1. The first-order valence-corrected chi connectivity index (χ1v) is 17.6. The third-order valence-corrected chi connectivity index (χ3v) is 9.47. The van der Waals surface area contributed by atoms with Crippen LogP contribution in [-0.4, -0.2) is 95.8 Å². The van der Waals surface area contributed by atoms with E-state index >= 15 is 0 Å². The standard InChI is InChI=1S/C24H24F2N4O5.C13H14F2N4O2/c1-13-16(2-3-17-18(13)12-34-23(17)33)20(31)11-30-6-4-15(5-7-30)29-22(32)19-8-21(35-24(25)26)14(9-27)10-28-19;14-13(15)21-11-5-10(18-7-8(11)6-16)12(20)19-9-1-3-17-4-2-9/h2-3,8,10,15,20,24,31H,4-7,11-12H2,1H3,(H,29,32);5,7,9,13,17H,1-4H2,(H,19,20)/t20-;/m0./s1. The lowest BCUT2D eigenvalue weighted by molar-refractivity contribution is -0.0508. The van der Waals surface area contributed by atoms with Crippen molar-refractivity contribution in [3.05, 3.63) is 81.4 Å². The average molecular weight is 783 g/mol. The molecule has 0 radical (unpaired) electrons. The number of nitrogens with one attached hydrogen (secondary N) is 3. The Morgan fingerprint density at radius 1 is 0.929 bits per heavy atom. The second-order valence-electron chi connectivity index (χ2n) is 13.1. The lowest BCUT2D eigenvalue weighted by Crippen LogP contribution is -2.45. The molecular formula is C37H38F4N8O7. The van der Waals surface area contributed by atoms with E-state index < -0.39 is 36.9 Å². The lowest BCUT2D eigenvalue weighted by atomic mass is 9.94. The van der Waals surface area contributed by atoms with Crippen molar-refractivity contribution in [2.45, 2.75) is 70.6 Å². The number of pyridine rings is 2. The number of benzene rings is 1. The molecule has 2 fully saturated rings. The number of hydrogen-bond donors (Lipinski definition) is 4. The maximum atomic E-state index is 12.6. The Labute approximate surface area is 318 Å². The van der Waals surface area contributed by atoms with Gasteiger partial charge in [-0.15, -0.1) is 0 Å². The van der Waals surface area contributed by atoms with Crippen LogP contribution in [0.2, 0.25) is 0 Å². The summed E-state index contributed by atoms with van der Waals surface area (Å²) >= 11 is 0. The van der Waals surface area contributed by atoms with E-state index in [4.69, 9.17) is 15.3 Å². The van der Waals surface area contributed by atoms with Gasteiger partial charge >= 0.3 is 19.2 Å². The molecule has 2 saturated heterocycles.